The number of hydrazone groups is 1. The molecular formula is C6H17CuN9O4. The van der Waals surface area contributed by atoms with Gasteiger partial charge in [0.2, 0.25) is 5.96 Å². The molecule has 0 aromatic rings. The summed E-state index contributed by atoms with van der Waals surface area (Å²) in [7, 11) is 0. The van der Waals surface area contributed by atoms with Crippen LogP contribution in [0.15, 0.2) is 15.4 Å². The van der Waals surface area contributed by atoms with Crippen LogP contribution in [0.1, 0.15) is 13.8 Å². The van der Waals surface area contributed by atoms with Crippen LogP contribution in [0, 0.1) is 0 Å². The first kappa shape index (κ1) is 26.4. The number of hydrazine groups is 2. The Labute approximate surface area is 125 Å². The number of hydrogen-bond donors (Lipinski definition) is 5. The molecule has 0 aliphatic carbocycles. The smallest absolute Gasteiger partial charge is 0.550 e. The SMILES string of the molecule is CC(=O)[O-].CC(=O)[O-].NN1N=NCN1.NN=C(N)N.[Cu+2]. The summed E-state index contributed by atoms with van der Waals surface area (Å²) in [5.74, 6) is 7.25. The summed E-state index contributed by atoms with van der Waals surface area (Å²) >= 11 is 0. The fourth-order valence-corrected chi connectivity index (χ4v) is 0.235. The molecule has 0 saturated heterocycles. The number of rotatable bonds is 0. The normalized spacial score (nSPS) is 10.1. The molecule has 1 aliphatic rings. The summed E-state index contributed by atoms with van der Waals surface area (Å²) in [6.07, 6.45) is 0. The molecule has 1 radical (unpaired) electrons. The molecule has 1 heterocycles. The first-order valence-electron chi connectivity index (χ1n) is 4.43. The van der Waals surface area contributed by atoms with E-state index in [0.717, 1.165) is 19.1 Å². The number of carbonyl (C=O) groups excluding carboxylic acids is 2. The number of carboxylic acid groups (broad SMARTS) is 2. The zero-order valence-corrected chi connectivity index (χ0v) is 11.7. The summed E-state index contributed by atoms with van der Waals surface area (Å²) in [5, 5.41) is 28.5. The third-order valence-corrected chi connectivity index (χ3v) is 0.612. The van der Waals surface area contributed by atoms with Gasteiger partial charge in [0.05, 0.1) is 0 Å². The van der Waals surface area contributed by atoms with Gasteiger partial charge in [-0.2, -0.15) is 10.5 Å². The molecule has 0 aromatic heterocycles. The van der Waals surface area contributed by atoms with Crippen molar-refractivity contribution in [2.75, 3.05) is 6.67 Å². The van der Waals surface area contributed by atoms with Crippen LogP contribution in [0.2, 0.25) is 0 Å². The zero-order chi connectivity index (χ0) is 15.8. The first-order valence-corrected chi connectivity index (χ1v) is 4.43. The molecule has 121 valence electrons. The Morgan fingerprint density at radius 2 is 1.55 bits per heavy atom. The maximum absolute atomic E-state index is 8.89. The molecule has 1 aliphatic heterocycles. The van der Waals surface area contributed by atoms with Crippen LogP contribution in [0.25, 0.3) is 0 Å². The maximum Gasteiger partial charge on any atom is 2.00 e. The summed E-state index contributed by atoms with van der Waals surface area (Å²) < 4.78 is 0. The molecule has 0 unspecified atom stereocenters. The molecule has 14 heteroatoms. The van der Waals surface area contributed by atoms with Gasteiger partial charge in [0.15, 0.2) is 0 Å². The number of guanidine groups is 1. The quantitative estimate of drug-likeness (QED) is 0.0919. The van der Waals surface area contributed by atoms with E-state index < -0.39 is 11.9 Å². The zero-order valence-electron chi connectivity index (χ0n) is 10.7. The van der Waals surface area contributed by atoms with Crippen molar-refractivity contribution in [2.45, 2.75) is 13.8 Å². The van der Waals surface area contributed by atoms with Crippen molar-refractivity contribution in [2.24, 2.45) is 38.6 Å². The van der Waals surface area contributed by atoms with Crippen LogP contribution >= 0.6 is 0 Å². The fourth-order valence-electron chi connectivity index (χ4n) is 0.235. The topological polar surface area (TPSA) is 237 Å². The van der Waals surface area contributed by atoms with Gasteiger partial charge < -0.3 is 37.1 Å². The molecule has 13 nitrogen and oxygen atoms in total. The third kappa shape index (κ3) is 74.5. The summed E-state index contributed by atoms with van der Waals surface area (Å²) in [6.45, 7) is 2.44. The minimum Gasteiger partial charge on any atom is -0.550 e. The van der Waals surface area contributed by atoms with Gasteiger partial charge >= 0.3 is 17.1 Å². The third-order valence-electron chi connectivity index (χ3n) is 0.612. The van der Waals surface area contributed by atoms with Crippen LogP contribution < -0.4 is 38.8 Å². The molecule has 1 rings (SSSR count). The minimum absolute atomic E-state index is 0. The minimum atomic E-state index is -1.08. The van der Waals surface area contributed by atoms with Gasteiger partial charge in [0.1, 0.15) is 6.67 Å². The van der Waals surface area contributed by atoms with E-state index in [9.17, 15) is 0 Å². The Hall–Kier alpha value is -2.15. The molecule has 0 amide bonds. The Bertz CT molecular complexity index is 287. The van der Waals surface area contributed by atoms with E-state index in [4.69, 9.17) is 37.1 Å². The Morgan fingerprint density at radius 3 is 1.60 bits per heavy atom. The van der Waals surface area contributed by atoms with E-state index in [2.05, 4.69) is 26.7 Å². The predicted octanol–water partition coefficient (Wildman–Crippen LogP) is -5.35. The molecule has 9 N–H and O–H groups in total. The average molecular weight is 343 g/mol. The largest absolute Gasteiger partial charge is 2.00 e. The molecular weight excluding hydrogens is 326 g/mol. The molecule has 0 atom stereocenters. The number of nitrogens with two attached hydrogens (primary N) is 4. The number of carbonyl (C=O) groups is 2. The van der Waals surface area contributed by atoms with Gasteiger partial charge in [-0.15, -0.1) is 10.3 Å². The van der Waals surface area contributed by atoms with Crippen LogP contribution in [0.5, 0.6) is 0 Å². The molecule has 0 fully saturated rings. The second-order valence-electron chi connectivity index (χ2n) is 2.43. The van der Waals surface area contributed by atoms with Crippen molar-refractivity contribution in [1.82, 2.24) is 10.7 Å². The summed E-state index contributed by atoms with van der Waals surface area (Å²) in [5.41, 5.74) is 12.0. The monoisotopic (exact) mass is 342 g/mol. The van der Waals surface area contributed by atoms with Crippen molar-refractivity contribution in [3.8, 4) is 0 Å². The number of nitrogens with one attached hydrogen (secondary N) is 1. The standard InChI is InChI=1S/2C2H4O2.CH5N5.CH6N4.Cu/c2*1-2(3)4;2-6-4-1-3-5-6;2-1(3)5-4;/h2*1H3,(H,3,4);4H,1-2H2;4H2,(H4,2,3,5);/q;;;;+2/p-2. The van der Waals surface area contributed by atoms with Crippen LogP contribution in [0.4, 0.5) is 0 Å². The van der Waals surface area contributed by atoms with Crippen LogP contribution in [0.3, 0.4) is 0 Å². The molecule has 0 saturated carbocycles. The summed E-state index contributed by atoms with van der Waals surface area (Å²) in [4.78, 5) is 17.8. The van der Waals surface area contributed by atoms with E-state index in [1.54, 1.807) is 0 Å². The number of hydrogen-bond acceptors (Lipinski definition) is 11. The van der Waals surface area contributed by atoms with E-state index in [-0.39, 0.29) is 23.0 Å². The van der Waals surface area contributed by atoms with E-state index >= 15 is 0 Å². The molecule has 0 bridgehead atoms. The Kier molecular flexibility index (Phi) is 25.4. The van der Waals surface area contributed by atoms with E-state index in [1.807, 2.05) is 0 Å². The van der Waals surface area contributed by atoms with Crippen molar-refractivity contribution < 1.29 is 36.9 Å². The van der Waals surface area contributed by atoms with Gasteiger partial charge in [0, 0.05) is 11.9 Å². The van der Waals surface area contributed by atoms with Gasteiger partial charge in [0.25, 0.3) is 0 Å². The van der Waals surface area contributed by atoms with Crippen molar-refractivity contribution in [1.29, 1.82) is 0 Å². The van der Waals surface area contributed by atoms with Gasteiger partial charge in [-0.05, 0) is 19.1 Å². The summed E-state index contributed by atoms with van der Waals surface area (Å²) in [6, 6.07) is 0. The fraction of sp³-hybridized carbons (Fsp3) is 0.500. The predicted molar refractivity (Wildman–Crippen MR) is 60.2 cm³/mol. The Balaban J connectivity index is -0.0000000856. The Morgan fingerprint density at radius 1 is 1.25 bits per heavy atom. The number of nitrogens with zero attached hydrogens (tertiary/aromatic N) is 4. The van der Waals surface area contributed by atoms with Crippen molar-refractivity contribution >= 4 is 17.9 Å². The van der Waals surface area contributed by atoms with Crippen molar-refractivity contribution in [3.63, 3.8) is 0 Å². The molecule has 0 spiro atoms. The van der Waals surface area contributed by atoms with Crippen molar-refractivity contribution in [3.05, 3.63) is 0 Å². The van der Waals surface area contributed by atoms with Gasteiger partial charge in [-0.3, -0.25) is 0 Å². The average Bonchev–Trinajstić information content (AvgIpc) is 2.68. The molecule has 0 aromatic carbocycles. The van der Waals surface area contributed by atoms with Crippen LogP contribution in [-0.4, -0.2) is 29.8 Å². The van der Waals surface area contributed by atoms with Crippen LogP contribution in [-0.2, 0) is 26.7 Å². The van der Waals surface area contributed by atoms with E-state index in [1.165, 1.54) is 0 Å². The number of carboxylic acids is 2. The second kappa shape index (κ2) is 19.2. The first-order chi connectivity index (χ1) is 8.63. The van der Waals surface area contributed by atoms with Gasteiger partial charge in [-0.25, -0.2) is 5.84 Å². The maximum atomic E-state index is 8.89. The molecule has 20 heavy (non-hydrogen) atoms. The van der Waals surface area contributed by atoms with Gasteiger partial charge in [-0.1, -0.05) is 0 Å². The number of aliphatic carboxylic acids is 2. The second-order valence-corrected chi connectivity index (χ2v) is 2.43. The van der Waals surface area contributed by atoms with E-state index in [0.29, 0.717) is 6.67 Å².